The number of nitrogens with zero attached hydrogens (tertiary/aromatic N) is 3. The lowest BCUT2D eigenvalue weighted by atomic mass is 9.73. The molecule has 49 heavy (non-hydrogen) atoms. The Balaban J connectivity index is 1.06. The molecule has 3 amide bonds. The van der Waals surface area contributed by atoms with Gasteiger partial charge in [0.2, 0.25) is 17.7 Å². The number of hydrogen-bond acceptors (Lipinski definition) is 6. The third-order valence-corrected chi connectivity index (χ3v) is 12.1. The highest BCUT2D eigenvalue weighted by atomic mass is 35.5. The second-order valence-corrected chi connectivity index (χ2v) is 15.6. The number of likely N-dealkylation sites (tertiary alicyclic amines) is 1. The minimum Gasteiger partial charge on any atom is -0.359 e. The number of piperazine rings is 1. The molecular formula is C38H47Cl2N5O4. The van der Waals surface area contributed by atoms with Crippen molar-refractivity contribution < 1.29 is 19.1 Å². The molecule has 0 unspecified atom stereocenters. The van der Waals surface area contributed by atoms with Crippen LogP contribution in [-0.2, 0) is 25.7 Å². The maximum absolute atomic E-state index is 14.5. The molecule has 0 radical (unpaired) electrons. The van der Waals surface area contributed by atoms with Gasteiger partial charge in [0.15, 0.2) is 0 Å². The molecule has 2 N–H and O–H groups in total. The Bertz CT molecular complexity index is 1560. The molecule has 4 fully saturated rings. The maximum atomic E-state index is 14.5. The van der Waals surface area contributed by atoms with Crippen molar-refractivity contribution in [1.29, 1.82) is 0 Å². The molecule has 1 spiro atoms. The first-order valence-electron chi connectivity index (χ1n) is 17.9. The number of amides is 3. The quantitative estimate of drug-likeness (QED) is 0.329. The minimum absolute atomic E-state index is 0.0325. The topological polar surface area (TPSA) is 94.2 Å². The molecule has 1 aliphatic carbocycles. The van der Waals surface area contributed by atoms with Gasteiger partial charge >= 0.3 is 0 Å². The second kappa shape index (κ2) is 14.3. The Morgan fingerprint density at radius 3 is 2.39 bits per heavy atom. The van der Waals surface area contributed by atoms with Crippen LogP contribution in [-0.4, -0.2) is 95.5 Å². The summed E-state index contributed by atoms with van der Waals surface area (Å²) in [5.41, 5.74) is 0.569. The van der Waals surface area contributed by atoms with E-state index < -0.39 is 29.6 Å². The fourth-order valence-corrected chi connectivity index (χ4v) is 9.41. The van der Waals surface area contributed by atoms with Gasteiger partial charge in [-0.2, -0.15) is 0 Å². The normalized spacial score (nSPS) is 32.8. The van der Waals surface area contributed by atoms with Crippen molar-refractivity contribution in [1.82, 2.24) is 20.0 Å². The molecule has 3 saturated heterocycles. The van der Waals surface area contributed by atoms with E-state index in [0.717, 1.165) is 65.0 Å². The number of carbonyl (C=O) groups is 3. The predicted molar refractivity (Wildman–Crippen MR) is 191 cm³/mol. The fourth-order valence-electron chi connectivity index (χ4n) is 8.88. The first kappa shape index (κ1) is 34.5. The lowest BCUT2D eigenvalue weighted by Gasteiger charge is -2.38. The minimum atomic E-state index is -1.20. The van der Waals surface area contributed by atoms with E-state index in [1.54, 1.807) is 23.1 Å². The van der Waals surface area contributed by atoms with Crippen LogP contribution in [0.2, 0.25) is 10.0 Å². The molecule has 7 rings (SSSR count). The van der Waals surface area contributed by atoms with Crippen LogP contribution < -0.4 is 10.6 Å². The Kier molecular flexibility index (Phi) is 10.1. The average molecular weight is 709 g/mol. The molecule has 8 atom stereocenters. The van der Waals surface area contributed by atoms with Crippen molar-refractivity contribution >= 4 is 46.6 Å². The molecule has 4 heterocycles. The molecule has 2 bridgehead atoms. The second-order valence-electron chi connectivity index (χ2n) is 14.7. The standard InChI is InChI=1S/C38H47Cl2N5O4/c1-24-8-6-11-30(25(24)2)42-36(47)34-38-13-12-31(49-38)32(35(46)41-29-21-27(39)20-28(40)22-29)33(38)37(48)45(34)15-7-14-43-16-18-44(19-17-43)23-26-9-4-3-5-10-26/h3-5,9-10,12-13,20-22,24-25,30-34H,6-8,11,14-19,23H2,1-2H3,(H,41,46)(H,42,47)/t24-,25+,30+,31-,32+,33-,34+,38+/m1/s1. The van der Waals surface area contributed by atoms with Crippen molar-refractivity contribution in [3.05, 3.63) is 76.3 Å². The molecule has 4 aliphatic heterocycles. The van der Waals surface area contributed by atoms with Gasteiger partial charge in [0.05, 0.1) is 17.9 Å². The predicted octanol–water partition coefficient (Wildman–Crippen LogP) is 5.23. The smallest absolute Gasteiger partial charge is 0.246 e. The van der Waals surface area contributed by atoms with Gasteiger partial charge in [0.1, 0.15) is 11.6 Å². The van der Waals surface area contributed by atoms with Crippen LogP contribution in [0.25, 0.3) is 0 Å². The average Bonchev–Trinajstić information content (AvgIpc) is 3.71. The highest BCUT2D eigenvalue weighted by molar-refractivity contribution is 6.35. The molecule has 2 aromatic carbocycles. The Morgan fingerprint density at radius 1 is 0.939 bits per heavy atom. The van der Waals surface area contributed by atoms with E-state index in [1.807, 2.05) is 18.2 Å². The zero-order valence-corrected chi connectivity index (χ0v) is 29.8. The molecule has 0 aromatic heterocycles. The van der Waals surface area contributed by atoms with E-state index in [2.05, 4.69) is 58.5 Å². The van der Waals surface area contributed by atoms with Crippen molar-refractivity contribution in [3.8, 4) is 0 Å². The number of nitrogens with one attached hydrogen (secondary N) is 2. The van der Waals surface area contributed by atoms with E-state index >= 15 is 0 Å². The molecule has 262 valence electrons. The van der Waals surface area contributed by atoms with Crippen LogP contribution in [0, 0.1) is 23.7 Å². The van der Waals surface area contributed by atoms with Crippen LogP contribution in [0.4, 0.5) is 5.69 Å². The number of hydrogen-bond donors (Lipinski definition) is 2. The van der Waals surface area contributed by atoms with E-state index in [9.17, 15) is 14.4 Å². The van der Waals surface area contributed by atoms with Crippen LogP contribution >= 0.6 is 23.2 Å². The Labute approximate surface area is 299 Å². The number of rotatable bonds is 10. The summed E-state index contributed by atoms with van der Waals surface area (Å²) in [5, 5.41) is 7.06. The van der Waals surface area contributed by atoms with Crippen LogP contribution in [0.1, 0.15) is 45.1 Å². The molecule has 2 aromatic rings. The fraction of sp³-hybridized carbons (Fsp3) is 0.553. The van der Waals surface area contributed by atoms with Gasteiger partial charge in [0, 0.05) is 61.0 Å². The van der Waals surface area contributed by atoms with Gasteiger partial charge in [0.25, 0.3) is 0 Å². The highest BCUT2D eigenvalue weighted by Gasteiger charge is 2.72. The molecule has 11 heteroatoms. The summed E-state index contributed by atoms with van der Waals surface area (Å²) in [4.78, 5) is 49.3. The largest absolute Gasteiger partial charge is 0.359 e. The van der Waals surface area contributed by atoms with Gasteiger partial charge in [-0.05, 0) is 55.0 Å². The summed E-state index contributed by atoms with van der Waals surface area (Å²) in [6.07, 6.45) is 6.96. The number of fused-ring (bicyclic) bond motifs is 1. The number of benzene rings is 2. The van der Waals surface area contributed by atoms with Gasteiger partial charge in [-0.25, -0.2) is 0 Å². The molecule has 9 nitrogen and oxygen atoms in total. The first-order chi connectivity index (χ1) is 23.6. The van der Waals surface area contributed by atoms with Crippen LogP contribution in [0.3, 0.4) is 0 Å². The van der Waals surface area contributed by atoms with Gasteiger partial charge in [-0.1, -0.05) is 92.4 Å². The lowest BCUT2D eigenvalue weighted by molar-refractivity contribution is -0.141. The van der Waals surface area contributed by atoms with E-state index in [1.165, 1.54) is 5.56 Å². The molecular weight excluding hydrogens is 661 g/mol. The number of ether oxygens (including phenoxy) is 1. The van der Waals surface area contributed by atoms with Crippen molar-refractivity contribution in [2.75, 3.05) is 44.6 Å². The molecule has 1 saturated carbocycles. The Morgan fingerprint density at radius 2 is 1.65 bits per heavy atom. The summed E-state index contributed by atoms with van der Waals surface area (Å²) < 4.78 is 6.57. The SMILES string of the molecule is C[C@H]1[C@H](C)CCC[C@@H]1NC(=O)[C@@H]1N(CCCN2CCN(Cc3ccccc3)CC2)C(=O)[C@H]2[C@@H](C(=O)Nc3cc(Cl)cc(Cl)c3)[C@H]3C=C[C@@]12O3. The number of halogens is 2. The van der Waals surface area contributed by atoms with Gasteiger partial charge in [-0.15, -0.1) is 0 Å². The van der Waals surface area contributed by atoms with Crippen molar-refractivity contribution in [3.63, 3.8) is 0 Å². The van der Waals surface area contributed by atoms with Crippen molar-refractivity contribution in [2.24, 2.45) is 23.7 Å². The third-order valence-electron chi connectivity index (χ3n) is 11.7. The maximum Gasteiger partial charge on any atom is 0.246 e. The summed E-state index contributed by atoms with van der Waals surface area (Å²) in [6.45, 7) is 10.5. The zero-order valence-electron chi connectivity index (χ0n) is 28.3. The van der Waals surface area contributed by atoms with Crippen LogP contribution in [0.15, 0.2) is 60.7 Å². The summed E-state index contributed by atoms with van der Waals surface area (Å²) in [5.74, 6) is -1.50. The van der Waals surface area contributed by atoms with Crippen molar-refractivity contribution in [2.45, 2.75) is 69.9 Å². The van der Waals surface area contributed by atoms with Gasteiger partial charge in [-0.3, -0.25) is 19.3 Å². The van der Waals surface area contributed by atoms with Crippen LogP contribution in [0.5, 0.6) is 0 Å². The zero-order chi connectivity index (χ0) is 34.3. The molecule has 5 aliphatic rings. The van der Waals surface area contributed by atoms with E-state index in [-0.39, 0.29) is 23.8 Å². The van der Waals surface area contributed by atoms with E-state index in [4.69, 9.17) is 27.9 Å². The highest BCUT2D eigenvalue weighted by Crippen LogP contribution is 2.55. The number of anilines is 1. The first-order valence-corrected chi connectivity index (χ1v) is 18.6. The Hall–Kier alpha value is -2.95. The monoisotopic (exact) mass is 707 g/mol. The van der Waals surface area contributed by atoms with E-state index in [0.29, 0.717) is 34.1 Å². The summed E-state index contributed by atoms with van der Waals surface area (Å²) in [6, 6.07) is 14.6. The summed E-state index contributed by atoms with van der Waals surface area (Å²) in [7, 11) is 0. The van der Waals surface area contributed by atoms with Gasteiger partial charge < -0.3 is 25.2 Å². The summed E-state index contributed by atoms with van der Waals surface area (Å²) >= 11 is 12.4. The lowest BCUT2D eigenvalue weighted by Crippen LogP contribution is -2.58. The number of carbonyl (C=O) groups excluding carboxylic acids is 3. The third kappa shape index (κ3) is 6.89.